The summed E-state index contributed by atoms with van der Waals surface area (Å²) in [4.78, 5) is 25.2. The molecule has 2 amide bonds. The Bertz CT molecular complexity index is 1120. The molecule has 2 N–H and O–H groups in total. The lowest BCUT2D eigenvalue weighted by Gasteiger charge is -2.22. The van der Waals surface area contributed by atoms with Crippen molar-refractivity contribution < 1.29 is 9.59 Å². The van der Waals surface area contributed by atoms with Gasteiger partial charge in [0.1, 0.15) is 0 Å². The number of hydrogen-bond donors (Lipinski definition) is 2. The van der Waals surface area contributed by atoms with E-state index >= 15 is 0 Å². The monoisotopic (exact) mass is 549 g/mol. The van der Waals surface area contributed by atoms with Gasteiger partial charge in [0.15, 0.2) is 11.0 Å². The second-order valence-corrected chi connectivity index (χ2v) is 9.82. The molecule has 2 aromatic carbocycles. The number of carbonyl (C=O) groups is 2. The molecule has 174 valence electrons. The van der Waals surface area contributed by atoms with Crippen LogP contribution in [0.25, 0.3) is 0 Å². The van der Waals surface area contributed by atoms with Crippen LogP contribution in [-0.2, 0) is 11.3 Å². The molecule has 1 heterocycles. The van der Waals surface area contributed by atoms with Gasteiger partial charge < -0.3 is 15.2 Å². The summed E-state index contributed by atoms with van der Waals surface area (Å²) in [5.41, 5.74) is 1.24. The summed E-state index contributed by atoms with van der Waals surface area (Å²) in [5, 5.41) is 15.8. The highest BCUT2D eigenvalue weighted by molar-refractivity contribution is 9.10. The molecular weight excluding hydrogens is 526 g/mol. The smallest absolute Gasteiger partial charge is 0.251 e. The van der Waals surface area contributed by atoms with Gasteiger partial charge in [-0.3, -0.25) is 9.59 Å². The molecule has 0 radical (unpaired) electrons. The molecule has 7 nitrogen and oxygen atoms in total. The molecule has 0 bridgehead atoms. The standard InChI is InChI=1S/C23H25BrClN5O2S/c1-4-30-21(20(14(2)3)27-22(32)15-8-6-5-7-9-15)28-29-23(30)33-13-19(31)26-16-10-11-18(25)17(24)12-16/h5-12,14,20H,4,13H2,1-3H3,(H,26,31)(H,27,32)/t20-/m0/s1. The molecule has 3 rings (SSSR count). The third-order valence-electron chi connectivity index (χ3n) is 4.86. The molecule has 3 aromatic rings. The van der Waals surface area contributed by atoms with E-state index < -0.39 is 0 Å². The van der Waals surface area contributed by atoms with Gasteiger partial charge >= 0.3 is 0 Å². The van der Waals surface area contributed by atoms with Crippen LogP contribution in [0, 0.1) is 5.92 Å². The lowest BCUT2D eigenvalue weighted by molar-refractivity contribution is -0.113. The second-order valence-electron chi connectivity index (χ2n) is 7.61. The fourth-order valence-corrected chi connectivity index (χ4v) is 4.48. The van der Waals surface area contributed by atoms with Crippen LogP contribution < -0.4 is 10.6 Å². The largest absolute Gasteiger partial charge is 0.342 e. The van der Waals surface area contributed by atoms with E-state index in [1.807, 2.05) is 43.5 Å². The Morgan fingerprint density at radius 1 is 1.15 bits per heavy atom. The second kappa shape index (κ2) is 11.7. The maximum atomic E-state index is 12.7. The van der Waals surface area contributed by atoms with E-state index in [0.717, 1.165) is 0 Å². The summed E-state index contributed by atoms with van der Waals surface area (Å²) >= 11 is 10.6. The number of thioether (sulfide) groups is 1. The van der Waals surface area contributed by atoms with Crippen molar-refractivity contribution in [1.29, 1.82) is 0 Å². The van der Waals surface area contributed by atoms with Crippen molar-refractivity contribution >= 4 is 56.8 Å². The molecule has 0 aliphatic carbocycles. The summed E-state index contributed by atoms with van der Waals surface area (Å²) < 4.78 is 2.65. The van der Waals surface area contributed by atoms with Crippen LogP contribution in [-0.4, -0.2) is 32.3 Å². The Morgan fingerprint density at radius 2 is 1.88 bits per heavy atom. The van der Waals surface area contributed by atoms with Crippen molar-refractivity contribution in [3.05, 3.63) is 69.4 Å². The van der Waals surface area contributed by atoms with Gasteiger partial charge in [0.05, 0.1) is 16.8 Å². The van der Waals surface area contributed by atoms with Crippen molar-refractivity contribution in [2.45, 2.75) is 38.5 Å². The number of rotatable bonds is 9. The van der Waals surface area contributed by atoms with Crippen molar-refractivity contribution in [3.8, 4) is 0 Å². The van der Waals surface area contributed by atoms with E-state index in [1.165, 1.54) is 11.8 Å². The highest BCUT2D eigenvalue weighted by Crippen LogP contribution is 2.27. The first-order valence-electron chi connectivity index (χ1n) is 10.5. The van der Waals surface area contributed by atoms with Crippen LogP contribution in [0.2, 0.25) is 5.02 Å². The fourth-order valence-electron chi connectivity index (χ4n) is 3.18. The number of benzene rings is 2. The minimum Gasteiger partial charge on any atom is -0.342 e. The van der Waals surface area contributed by atoms with Gasteiger partial charge in [-0.05, 0) is 59.1 Å². The topological polar surface area (TPSA) is 88.9 Å². The number of halogens is 2. The molecule has 0 aliphatic heterocycles. The summed E-state index contributed by atoms with van der Waals surface area (Å²) in [6, 6.07) is 14.0. The van der Waals surface area contributed by atoms with Gasteiger partial charge in [-0.15, -0.1) is 10.2 Å². The number of hydrogen-bond acceptors (Lipinski definition) is 5. The third kappa shape index (κ3) is 6.59. The molecule has 10 heteroatoms. The first-order valence-corrected chi connectivity index (χ1v) is 12.6. The van der Waals surface area contributed by atoms with E-state index in [0.29, 0.717) is 38.3 Å². The molecule has 0 saturated carbocycles. The zero-order valence-electron chi connectivity index (χ0n) is 18.5. The zero-order chi connectivity index (χ0) is 24.0. The van der Waals surface area contributed by atoms with E-state index in [2.05, 4.69) is 36.8 Å². The number of anilines is 1. The van der Waals surface area contributed by atoms with Gasteiger partial charge in [-0.1, -0.05) is 55.4 Å². The summed E-state index contributed by atoms with van der Waals surface area (Å²) in [5.74, 6) is 0.598. The van der Waals surface area contributed by atoms with Crippen LogP contribution in [0.1, 0.15) is 43.0 Å². The van der Waals surface area contributed by atoms with E-state index in [4.69, 9.17) is 11.6 Å². The Balaban J connectivity index is 1.70. The lowest BCUT2D eigenvalue weighted by Crippen LogP contribution is -2.33. The molecule has 1 aromatic heterocycles. The van der Waals surface area contributed by atoms with Gasteiger partial charge in [-0.25, -0.2) is 0 Å². The van der Waals surface area contributed by atoms with E-state index in [-0.39, 0.29) is 29.5 Å². The SMILES string of the molecule is CCn1c(SCC(=O)Nc2ccc(Cl)c(Br)c2)nnc1[C@@H](NC(=O)c1ccccc1)C(C)C. The third-order valence-corrected chi connectivity index (χ3v) is 7.05. The first-order chi connectivity index (χ1) is 15.8. The predicted octanol–water partition coefficient (Wildman–Crippen LogP) is 5.57. The molecule has 0 aliphatic rings. The van der Waals surface area contributed by atoms with Crippen LogP contribution in [0.5, 0.6) is 0 Å². The van der Waals surface area contributed by atoms with Crippen LogP contribution >= 0.6 is 39.3 Å². The van der Waals surface area contributed by atoms with Gasteiger partial charge in [0, 0.05) is 22.3 Å². The van der Waals surface area contributed by atoms with Gasteiger partial charge in [0.2, 0.25) is 5.91 Å². The van der Waals surface area contributed by atoms with Crippen LogP contribution in [0.15, 0.2) is 58.2 Å². The summed E-state index contributed by atoms with van der Waals surface area (Å²) in [7, 11) is 0. The Hall–Kier alpha value is -2.36. The molecule has 0 fully saturated rings. The predicted molar refractivity (Wildman–Crippen MR) is 136 cm³/mol. The van der Waals surface area contributed by atoms with Crippen molar-refractivity contribution in [1.82, 2.24) is 20.1 Å². The Labute approximate surface area is 210 Å². The van der Waals surface area contributed by atoms with Gasteiger partial charge in [0.25, 0.3) is 5.91 Å². The Kier molecular flexibility index (Phi) is 8.94. The van der Waals surface area contributed by atoms with Crippen molar-refractivity contribution in [3.63, 3.8) is 0 Å². The molecule has 33 heavy (non-hydrogen) atoms. The quantitative estimate of drug-likeness (QED) is 0.340. The lowest BCUT2D eigenvalue weighted by atomic mass is 10.0. The molecular formula is C23H25BrClN5O2S. The minimum absolute atomic E-state index is 0.0941. The molecule has 1 atom stereocenters. The summed E-state index contributed by atoms with van der Waals surface area (Å²) in [6.45, 7) is 6.64. The van der Waals surface area contributed by atoms with E-state index in [1.54, 1.807) is 30.3 Å². The minimum atomic E-state index is -0.320. The molecule has 0 unspecified atom stereocenters. The molecule has 0 spiro atoms. The van der Waals surface area contributed by atoms with Crippen LogP contribution in [0.4, 0.5) is 5.69 Å². The number of amides is 2. The number of nitrogens with one attached hydrogen (secondary N) is 2. The van der Waals surface area contributed by atoms with Crippen molar-refractivity contribution in [2.24, 2.45) is 5.92 Å². The van der Waals surface area contributed by atoms with Crippen molar-refractivity contribution in [2.75, 3.05) is 11.1 Å². The highest BCUT2D eigenvalue weighted by Gasteiger charge is 2.26. The maximum absolute atomic E-state index is 12.7. The highest BCUT2D eigenvalue weighted by atomic mass is 79.9. The van der Waals surface area contributed by atoms with Crippen LogP contribution in [0.3, 0.4) is 0 Å². The average molecular weight is 551 g/mol. The van der Waals surface area contributed by atoms with Gasteiger partial charge in [-0.2, -0.15) is 0 Å². The normalized spacial score (nSPS) is 11.9. The number of aromatic nitrogens is 3. The number of nitrogens with zero attached hydrogens (tertiary/aromatic N) is 3. The zero-order valence-corrected chi connectivity index (χ0v) is 21.7. The number of carbonyl (C=O) groups excluding carboxylic acids is 2. The Morgan fingerprint density at radius 3 is 2.52 bits per heavy atom. The van der Waals surface area contributed by atoms with E-state index in [9.17, 15) is 9.59 Å². The summed E-state index contributed by atoms with van der Waals surface area (Å²) in [6.07, 6.45) is 0. The first kappa shape index (κ1) is 25.3. The average Bonchev–Trinajstić information content (AvgIpc) is 3.21. The maximum Gasteiger partial charge on any atom is 0.251 e. The molecule has 0 saturated heterocycles. The fraction of sp³-hybridized carbons (Fsp3) is 0.304.